The molecular formula is C9H12N4O4. The van der Waals surface area contributed by atoms with Crippen LogP contribution < -0.4 is 5.32 Å². The van der Waals surface area contributed by atoms with E-state index >= 15 is 0 Å². The van der Waals surface area contributed by atoms with Crippen molar-refractivity contribution >= 4 is 11.9 Å². The van der Waals surface area contributed by atoms with Gasteiger partial charge in [0.05, 0.1) is 13.1 Å². The number of piperazine rings is 1. The highest BCUT2D eigenvalue weighted by molar-refractivity contribution is 5.83. The molecule has 1 fully saturated rings. The maximum Gasteiger partial charge on any atom is 0.322 e. The normalized spacial score (nSPS) is 21.2. The number of aliphatic carboxylic acids is 1. The first-order valence-corrected chi connectivity index (χ1v) is 5.09. The minimum atomic E-state index is -0.985. The maximum atomic E-state index is 11.2. The van der Waals surface area contributed by atoms with Crippen LogP contribution in [0.25, 0.3) is 0 Å². The Morgan fingerprint density at radius 2 is 2.41 bits per heavy atom. The van der Waals surface area contributed by atoms with Crippen molar-refractivity contribution in [1.29, 1.82) is 0 Å². The summed E-state index contributed by atoms with van der Waals surface area (Å²) in [4.78, 5) is 23.7. The van der Waals surface area contributed by atoms with Crippen molar-refractivity contribution < 1.29 is 19.1 Å². The van der Waals surface area contributed by atoms with E-state index in [4.69, 9.17) is 9.52 Å². The molecule has 17 heavy (non-hydrogen) atoms. The largest absolute Gasteiger partial charge is 0.480 e. The van der Waals surface area contributed by atoms with E-state index in [1.54, 1.807) is 6.92 Å². The van der Waals surface area contributed by atoms with Gasteiger partial charge in [-0.2, -0.15) is 0 Å². The average Bonchev–Trinajstić information content (AvgIpc) is 2.63. The van der Waals surface area contributed by atoms with Crippen LogP contribution >= 0.6 is 0 Å². The number of amides is 1. The van der Waals surface area contributed by atoms with Crippen LogP contribution in [-0.4, -0.2) is 51.2 Å². The second-order valence-electron chi connectivity index (χ2n) is 3.78. The second kappa shape index (κ2) is 4.50. The third kappa shape index (κ3) is 2.59. The molecule has 1 atom stereocenters. The van der Waals surface area contributed by atoms with Crippen molar-refractivity contribution in [2.75, 3.05) is 13.1 Å². The molecule has 2 N–H and O–H groups in total. The zero-order valence-electron chi connectivity index (χ0n) is 9.21. The van der Waals surface area contributed by atoms with E-state index in [1.807, 2.05) is 0 Å². The zero-order valence-corrected chi connectivity index (χ0v) is 9.21. The molecule has 0 bridgehead atoms. The molecule has 8 heteroatoms. The van der Waals surface area contributed by atoms with Gasteiger partial charge >= 0.3 is 5.97 Å². The Balaban J connectivity index is 2.09. The van der Waals surface area contributed by atoms with Crippen molar-refractivity contribution in [3.63, 3.8) is 0 Å². The Bertz CT molecular complexity index is 444. The molecule has 1 amide bonds. The van der Waals surface area contributed by atoms with Crippen LogP contribution in [0.1, 0.15) is 11.8 Å². The molecule has 0 radical (unpaired) electrons. The van der Waals surface area contributed by atoms with Gasteiger partial charge in [-0.15, -0.1) is 10.2 Å². The highest BCUT2D eigenvalue weighted by Gasteiger charge is 2.32. The number of nitrogens with zero attached hydrogens (tertiary/aromatic N) is 3. The fraction of sp³-hybridized carbons (Fsp3) is 0.556. The molecule has 1 aromatic heterocycles. The van der Waals surface area contributed by atoms with E-state index in [2.05, 4.69) is 15.5 Å². The average molecular weight is 240 g/mol. The molecular weight excluding hydrogens is 228 g/mol. The molecule has 1 aromatic rings. The first-order chi connectivity index (χ1) is 8.06. The summed E-state index contributed by atoms with van der Waals surface area (Å²) >= 11 is 0. The summed E-state index contributed by atoms with van der Waals surface area (Å²) in [5, 5.41) is 19.0. The maximum absolute atomic E-state index is 11.2. The molecule has 1 aliphatic heterocycles. The highest BCUT2D eigenvalue weighted by Crippen LogP contribution is 2.10. The Labute approximate surface area is 96.6 Å². The van der Waals surface area contributed by atoms with Gasteiger partial charge in [-0.3, -0.25) is 14.5 Å². The number of aryl methyl sites for hydroxylation is 1. The standard InChI is InChI=1S/C9H12N4O4/c1-5-11-12-8(17-5)4-13-3-7(14)10-2-6(13)9(15)16/h6H,2-4H2,1H3,(H,10,14)(H,15,16). The molecule has 0 spiro atoms. The van der Waals surface area contributed by atoms with Crippen LogP contribution in [0.5, 0.6) is 0 Å². The zero-order chi connectivity index (χ0) is 12.4. The minimum absolute atomic E-state index is 0.0123. The lowest BCUT2D eigenvalue weighted by molar-refractivity contribution is -0.146. The molecule has 0 aliphatic carbocycles. The van der Waals surface area contributed by atoms with Gasteiger partial charge in [0.2, 0.25) is 17.7 Å². The van der Waals surface area contributed by atoms with Gasteiger partial charge in [-0.25, -0.2) is 0 Å². The van der Waals surface area contributed by atoms with Crippen molar-refractivity contribution in [2.24, 2.45) is 0 Å². The van der Waals surface area contributed by atoms with Gasteiger partial charge in [-0.05, 0) is 0 Å². The predicted molar refractivity (Wildman–Crippen MR) is 53.9 cm³/mol. The number of aromatic nitrogens is 2. The molecule has 0 saturated carbocycles. The van der Waals surface area contributed by atoms with Gasteiger partial charge in [0.15, 0.2) is 0 Å². The minimum Gasteiger partial charge on any atom is -0.480 e. The molecule has 1 saturated heterocycles. The number of hydrogen-bond acceptors (Lipinski definition) is 6. The fourth-order valence-corrected chi connectivity index (χ4v) is 1.67. The topological polar surface area (TPSA) is 109 Å². The van der Waals surface area contributed by atoms with Gasteiger partial charge in [-0.1, -0.05) is 0 Å². The fourth-order valence-electron chi connectivity index (χ4n) is 1.67. The first-order valence-electron chi connectivity index (χ1n) is 5.09. The SMILES string of the molecule is Cc1nnc(CN2CC(=O)NCC2C(=O)O)o1. The number of carboxylic acids is 1. The number of rotatable bonds is 3. The van der Waals surface area contributed by atoms with Crippen LogP contribution in [0.4, 0.5) is 0 Å². The Hall–Kier alpha value is -1.96. The molecule has 2 heterocycles. The Morgan fingerprint density at radius 1 is 1.65 bits per heavy atom. The van der Waals surface area contributed by atoms with E-state index in [-0.39, 0.29) is 25.5 Å². The number of hydrogen-bond donors (Lipinski definition) is 2. The quantitative estimate of drug-likeness (QED) is 0.680. The summed E-state index contributed by atoms with van der Waals surface area (Å²) in [6.07, 6.45) is 0. The second-order valence-corrected chi connectivity index (χ2v) is 3.78. The summed E-state index contributed by atoms with van der Waals surface area (Å²) < 4.78 is 5.16. The smallest absolute Gasteiger partial charge is 0.322 e. The van der Waals surface area contributed by atoms with Crippen LogP contribution in [0.3, 0.4) is 0 Å². The van der Waals surface area contributed by atoms with Crippen molar-refractivity contribution in [3.8, 4) is 0 Å². The predicted octanol–water partition coefficient (Wildman–Crippen LogP) is -1.24. The van der Waals surface area contributed by atoms with Gasteiger partial charge < -0.3 is 14.8 Å². The summed E-state index contributed by atoms with van der Waals surface area (Å²) in [5.41, 5.74) is 0. The molecule has 0 aromatic carbocycles. The number of carbonyl (C=O) groups excluding carboxylic acids is 1. The van der Waals surface area contributed by atoms with Crippen LogP contribution in [0.2, 0.25) is 0 Å². The molecule has 1 aliphatic rings. The van der Waals surface area contributed by atoms with Gasteiger partial charge in [0.25, 0.3) is 0 Å². The highest BCUT2D eigenvalue weighted by atomic mass is 16.4. The van der Waals surface area contributed by atoms with Crippen molar-refractivity contribution in [3.05, 3.63) is 11.8 Å². The lowest BCUT2D eigenvalue weighted by atomic mass is 10.2. The molecule has 92 valence electrons. The van der Waals surface area contributed by atoms with E-state index < -0.39 is 12.0 Å². The summed E-state index contributed by atoms with van der Waals surface area (Å²) in [6, 6.07) is -0.764. The third-order valence-electron chi connectivity index (χ3n) is 2.47. The van der Waals surface area contributed by atoms with Crippen LogP contribution in [-0.2, 0) is 16.1 Å². The number of carbonyl (C=O) groups is 2. The third-order valence-corrected chi connectivity index (χ3v) is 2.47. The lowest BCUT2D eigenvalue weighted by Crippen LogP contribution is -2.56. The van der Waals surface area contributed by atoms with Gasteiger partial charge in [0, 0.05) is 13.5 Å². The Kier molecular flexibility index (Phi) is 3.05. The monoisotopic (exact) mass is 240 g/mol. The van der Waals surface area contributed by atoms with E-state index in [0.717, 1.165) is 0 Å². The lowest BCUT2D eigenvalue weighted by Gasteiger charge is -2.31. The first kappa shape index (κ1) is 11.5. The van der Waals surface area contributed by atoms with Gasteiger partial charge in [0.1, 0.15) is 6.04 Å². The van der Waals surface area contributed by atoms with E-state index in [0.29, 0.717) is 11.8 Å². The summed E-state index contributed by atoms with van der Waals surface area (Å²) in [7, 11) is 0. The summed E-state index contributed by atoms with van der Waals surface area (Å²) in [5.74, 6) is -0.475. The van der Waals surface area contributed by atoms with Crippen LogP contribution in [0.15, 0.2) is 4.42 Å². The van der Waals surface area contributed by atoms with Crippen molar-refractivity contribution in [1.82, 2.24) is 20.4 Å². The number of carboxylic acid groups (broad SMARTS) is 1. The number of nitrogens with one attached hydrogen (secondary N) is 1. The summed E-state index contributed by atoms with van der Waals surface area (Å²) in [6.45, 7) is 1.90. The molecule has 8 nitrogen and oxygen atoms in total. The molecule has 1 unspecified atom stereocenters. The molecule has 2 rings (SSSR count). The van der Waals surface area contributed by atoms with E-state index in [9.17, 15) is 9.59 Å². The van der Waals surface area contributed by atoms with Crippen LogP contribution in [0, 0.1) is 6.92 Å². The Morgan fingerprint density at radius 3 is 3.00 bits per heavy atom. The van der Waals surface area contributed by atoms with E-state index in [1.165, 1.54) is 4.90 Å². The van der Waals surface area contributed by atoms with Crippen molar-refractivity contribution in [2.45, 2.75) is 19.5 Å².